The first-order valence-corrected chi connectivity index (χ1v) is 9.83. The summed E-state index contributed by atoms with van der Waals surface area (Å²) in [5, 5.41) is 7.72. The zero-order valence-corrected chi connectivity index (χ0v) is 19.3. The Balaban J connectivity index is 0.00000320. The molecule has 0 radical (unpaired) electrons. The van der Waals surface area contributed by atoms with Crippen molar-refractivity contribution >= 4 is 41.3 Å². The van der Waals surface area contributed by atoms with E-state index in [1.54, 1.807) is 13.2 Å². The molecule has 0 bridgehead atoms. The number of guanidine groups is 1. The molecule has 0 aliphatic rings. The lowest BCUT2D eigenvalue weighted by atomic mass is 10.2. The van der Waals surface area contributed by atoms with Crippen LogP contribution in [0.4, 0.5) is 13.2 Å². The zero-order valence-electron chi connectivity index (χ0n) is 16.2. The number of aliphatic imine (C=N–C) groups is 1. The van der Waals surface area contributed by atoms with Crippen LogP contribution in [0, 0.1) is 0 Å². The van der Waals surface area contributed by atoms with E-state index < -0.39 is 11.9 Å². The normalized spacial score (nSPS) is 11.8. The Morgan fingerprint density at radius 1 is 1.20 bits per heavy atom. The molecule has 162 valence electrons. The molecule has 0 spiro atoms. The molecule has 1 aromatic carbocycles. The predicted molar refractivity (Wildman–Crippen MR) is 122 cm³/mol. The number of imidazole rings is 1. The first-order chi connectivity index (χ1) is 14.0. The van der Waals surface area contributed by atoms with Crippen LogP contribution in [0.3, 0.4) is 0 Å². The van der Waals surface area contributed by atoms with E-state index in [1.165, 1.54) is 5.56 Å². The highest BCUT2D eigenvalue weighted by Gasteiger charge is 2.33. The minimum absolute atomic E-state index is 0. The summed E-state index contributed by atoms with van der Waals surface area (Å²) in [5.74, 6) is 1.40. The van der Waals surface area contributed by atoms with E-state index in [9.17, 15) is 13.2 Å². The minimum Gasteiger partial charge on any atom is -0.356 e. The maximum Gasteiger partial charge on any atom is 0.434 e. The van der Waals surface area contributed by atoms with Crippen molar-refractivity contribution in [1.29, 1.82) is 0 Å². The van der Waals surface area contributed by atoms with Gasteiger partial charge in [-0.1, -0.05) is 30.3 Å². The first-order valence-electron chi connectivity index (χ1n) is 8.96. The van der Waals surface area contributed by atoms with Gasteiger partial charge in [0.25, 0.3) is 0 Å². The van der Waals surface area contributed by atoms with E-state index in [-0.39, 0.29) is 24.0 Å². The second-order valence-electron chi connectivity index (χ2n) is 6.18. The minimum atomic E-state index is -4.40. The van der Waals surface area contributed by atoms with E-state index in [0.29, 0.717) is 30.5 Å². The molecule has 2 aromatic heterocycles. The van der Waals surface area contributed by atoms with Crippen molar-refractivity contribution in [3.05, 3.63) is 70.2 Å². The van der Waals surface area contributed by atoms with E-state index in [1.807, 2.05) is 29.0 Å². The highest BCUT2D eigenvalue weighted by atomic mass is 127. The van der Waals surface area contributed by atoms with Gasteiger partial charge in [0.1, 0.15) is 5.82 Å². The van der Waals surface area contributed by atoms with Gasteiger partial charge in [0.15, 0.2) is 11.7 Å². The Bertz CT molecular complexity index is 939. The fraction of sp³-hybridized carbons (Fsp3) is 0.316. The summed E-state index contributed by atoms with van der Waals surface area (Å²) < 4.78 is 39.9. The smallest absolute Gasteiger partial charge is 0.356 e. The molecule has 6 nitrogen and oxygen atoms in total. The van der Waals surface area contributed by atoms with E-state index in [2.05, 4.69) is 37.7 Å². The average Bonchev–Trinajstić information content (AvgIpc) is 3.35. The molecule has 2 heterocycles. The summed E-state index contributed by atoms with van der Waals surface area (Å²) in [5.41, 5.74) is 0.334. The summed E-state index contributed by atoms with van der Waals surface area (Å²) >= 11 is 1.01. The van der Waals surface area contributed by atoms with E-state index in [4.69, 9.17) is 0 Å². The van der Waals surface area contributed by atoms with Gasteiger partial charge in [-0.05, 0) is 5.56 Å². The van der Waals surface area contributed by atoms with Gasteiger partial charge in [-0.3, -0.25) is 4.99 Å². The second kappa shape index (κ2) is 11.3. The molecule has 0 aliphatic heterocycles. The van der Waals surface area contributed by atoms with Crippen LogP contribution in [0.25, 0.3) is 0 Å². The van der Waals surface area contributed by atoms with Gasteiger partial charge in [-0.15, -0.1) is 35.3 Å². The van der Waals surface area contributed by atoms with Crippen LogP contribution >= 0.6 is 35.3 Å². The molecule has 0 amide bonds. The lowest BCUT2D eigenvalue weighted by Crippen LogP contribution is -2.38. The maximum atomic E-state index is 12.6. The van der Waals surface area contributed by atoms with Crippen molar-refractivity contribution < 1.29 is 13.2 Å². The molecule has 3 aromatic rings. The molecule has 0 saturated heterocycles. The Morgan fingerprint density at radius 3 is 2.63 bits per heavy atom. The van der Waals surface area contributed by atoms with E-state index in [0.717, 1.165) is 29.1 Å². The highest BCUT2D eigenvalue weighted by Crippen LogP contribution is 2.29. The van der Waals surface area contributed by atoms with Crippen molar-refractivity contribution in [3.8, 4) is 0 Å². The second-order valence-corrected chi connectivity index (χ2v) is 7.13. The Kier molecular flexibility index (Phi) is 9.08. The Morgan fingerprint density at radius 2 is 1.97 bits per heavy atom. The number of hydrogen-bond donors (Lipinski definition) is 2. The van der Waals surface area contributed by atoms with Crippen LogP contribution in [0.5, 0.6) is 0 Å². The fourth-order valence-corrected chi connectivity index (χ4v) is 3.46. The lowest BCUT2D eigenvalue weighted by Gasteiger charge is -2.13. The van der Waals surface area contributed by atoms with Gasteiger partial charge >= 0.3 is 6.18 Å². The van der Waals surface area contributed by atoms with Crippen LogP contribution in [-0.2, 0) is 25.7 Å². The largest absolute Gasteiger partial charge is 0.434 e. The van der Waals surface area contributed by atoms with Crippen LogP contribution in [0.2, 0.25) is 0 Å². The third-order valence-corrected chi connectivity index (χ3v) is 5.02. The Hall–Kier alpha value is -2.15. The highest BCUT2D eigenvalue weighted by molar-refractivity contribution is 14.0. The van der Waals surface area contributed by atoms with Crippen molar-refractivity contribution in [2.45, 2.75) is 25.7 Å². The molecule has 0 saturated carbocycles. The number of aromatic nitrogens is 3. The average molecular weight is 550 g/mol. The Labute approximate surface area is 193 Å². The lowest BCUT2D eigenvalue weighted by molar-refractivity contribution is -0.140. The van der Waals surface area contributed by atoms with Crippen LogP contribution < -0.4 is 10.6 Å². The summed E-state index contributed by atoms with van der Waals surface area (Å²) in [6.45, 7) is 1.60. The molecular formula is C19H22F3IN6S. The molecule has 0 aliphatic carbocycles. The van der Waals surface area contributed by atoms with Gasteiger partial charge < -0.3 is 15.2 Å². The van der Waals surface area contributed by atoms with Crippen LogP contribution in [-0.4, -0.2) is 34.1 Å². The zero-order chi connectivity index (χ0) is 20.7. The van der Waals surface area contributed by atoms with Crippen molar-refractivity contribution in [3.63, 3.8) is 0 Å². The number of rotatable bonds is 7. The topological polar surface area (TPSA) is 67.1 Å². The van der Waals surface area contributed by atoms with Gasteiger partial charge in [0.2, 0.25) is 0 Å². The molecular weight excluding hydrogens is 528 g/mol. The molecule has 2 N–H and O–H groups in total. The summed E-state index contributed by atoms with van der Waals surface area (Å²) in [7, 11) is 1.64. The number of nitrogens with one attached hydrogen (secondary N) is 2. The van der Waals surface area contributed by atoms with Crippen molar-refractivity contribution in [2.24, 2.45) is 4.99 Å². The maximum absolute atomic E-state index is 12.6. The third-order valence-electron chi connectivity index (χ3n) is 4.11. The quantitative estimate of drug-likeness (QED) is 0.266. The third kappa shape index (κ3) is 6.97. The molecule has 3 rings (SSSR count). The monoisotopic (exact) mass is 550 g/mol. The van der Waals surface area contributed by atoms with E-state index >= 15 is 0 Å². The van der Waals surface area contributed by atoms with Gasteiger partial charge in [0, 0.05) is 44.3 Å². The predicted octanol–water partition coefficient (Wildman–Crippen LogP) is 3.93. The van der Waals surface area contributed by atoms with Gasteiger partial charge in [-0.25, -0.2) is 9.97 Å². The van der Waals surface area contributed by atoms with Crippen LogP contribution in [0.15, 0.2) is 53.1 Å². The fourth-order valence-electron chi connectivity index (χ4n) is 2.66. The number of halogens is 4. The molecule has 30 heavy (non-hydrogen) atoms. The summed E-state index contributed by atoms with van der Waals surface area (Å²) in [6.07, 6.45) is -0.358. The van der Waals surface area contributed by atoms with Gasteiger partial charge in [0.05, 0.1) is 11.6 Å². The summed E-state index contributed by atoms with van der Waals surface area (Å²) in [4.78, 5) is 12.1. The SMILES string of the molecule is CN=C(NCCc1nc(C(F)(F)F)cs1)NCc1nccn1Cc1ccccc1.I. The van der Waals surface area contributed by atoms with Crippen LogP contribution in [0.1, 0.15) is 22.1 Å². The number of alkyl halides is 3. The van der Waals surface area contributed by atoms with Crippen molar-refractivity contribution in [2.75, 3.05) is 13.6 Å². The van der Waals surface area contributed by atoms with Crippen molar-refractivity contribution in [1.82, 2.24) is 25.2 Å². The molecule has 0 atom stereocenters. The summed E-state index contributed by atoms with van der Waals surface area (Å²) in [6, 6.07) is 10.1. The first kappa shape index (κ1) is 24.1. The number of nitrogens with zero attached hydrogens (tertiary/aromatic N) is 4. The standard InChI is InChI=1S/C19H21F3N6S.HI/c1-23-18(25-8-7-17-27-15(13-29-17)19(20,21)22)26-11-16-24-9-10-28(16)12-14-5-3-2-4-6-14;/h2-6,9-10,13H,7-8,11-12H2,1H3,(H2,23,25,26);1H. The molecule has 11 heteroatoms. The molecule has 0 unspecified atom stereocenters. The molecule has 0 fully saturated rings. The number of benzene rings is 1. The number of thiazole rings is 1. The number of hydrogen-bond acceptors (Lipinski definition) is 4. The van der Waals surface area contributed by atoms with Gasteiger partial charge in [-0.2, -0.15) is 13.2 Å².